The highest BCUT2D eigenvalue weighted by Gasteiger charge is 2.16. The number of aliphatic hydroxyl groups is 1. The van der Waals surface area contributed by atoms with E-state index in [0.717, 1.165) is 23.5 Å². The molecule has 1 atom stereocenters. The van der Waals surface area contributed by atoms with Gasteiger partial charge < -0.3 is 9.59 Å². The fourth-order valence-corrected chi connectivity index (χ4v) is 1.33. The van der Waals surface area contributed by atoms with E-state index in [1.54, 1.807) is 0 Å². The normalized spacial score (nSPS) is 15.0. The Kier molecular flexibility index (Phi) is 4.69. The zero-order valence-electron chi connectivity index (χ0n) is 8.30. The predicted molar refractivity (Wildman–Crippen MR) is 48.4 cm³/mol. The quantitative estimate of drug-likeness (QED) is 0.597. The second-order valence-electron chi connectivity index (χ2n) is 4.08. The second kappa shape index (κ2) is 4.73. The second-order valence-corrected chi connectivity index (χ2v) is 4.08. The molecule has 1 unspecified atom stereocenters. The maximum Gasteiger partial charge on any atom is 0.102 e. The average molecular weight is 160 g/mol. The highest BCUT2D eigenvalue weighted by molar-refractivity contribution is 4.46. The first kappa shape index (κ1) is 10.9. The van der Waals surface area contributed by atoms with Crippen LogP contribution in [-0.4, -0.2) is 43.4 Å². The van der Waals surface area contributed by atoms with Crippen molar-refractivity contribution in [3.05, 3.63) is 0 Å². The van der Waals surface area contributed by atoms with Crippen LogP contribution >= 0.6 is 0 Å². The van der Waals surface area contributed by atoms with E-state index >= 15 is 0 Å². The van der Waals surface area contributed by atoms with E-state index < -0.39 is 0 Å². The molecular weight excluding hydrogens is 138 g/mol. The number of likely N-dealkylation sites (N-methyl/N-ethyl adjacent to an activating group) is 1. The van der Waals surface area contributed by atoms with E-state index in [-0.39, 0.29) is 0 Å². The van der Waals surface area contributed by atoms with Crippen molar-refractivity contribution in [1.29, 1.82) is 0 Å². The highest BCUT2D eigenvalue weighted by Crippen LogP contribution is 2.07. The minimum absolute atomic E-state index is 0.295. The van der Waals surface area contributed by atoms with Gasteiger partial charge in [0.25, 0.3) is 0 Å². The molecule has 11 heavy (non-hydrogen) atoms. The molecule has 0 aliphatic carbocycles. The van der Waals surface area contributed by atoms with Gasteiger partial charge in [0.1, 0.15) is 6.54 Å². The van der Waals surface area contributed by atoms with Gasteiger partial charge in [-0.25, -0.2) is 0 Å². The first-order valence-corrected chi connectivity index (χ1v) is 4.44. The summed E-state index contributed by atoms with van der Waals surface area (Å²) in [7, 11) is 4.34. The summed E-state index contributed by atoms with van der Waals surface area (Å²) in [6.07, 6.45) is 1.23. The largest absolute Gasteiger partial charge is 0.391 e. The van der Waals surface area contributed by atoms with E-state index in [4.69, 9.17) is 5.11 Å². The fraction of sp³-hybridized carbons (Fsp3) is 1.00. The Morgan fingerprint density at radius 3 is 2.27 bits per heavy atom. The monoisotopic (exact) mass is 160 g/mol. The summed E-state index contributed by atoms with van der Waals surface area (Å²) in [5.74, 6) is 0.761. The van der Waals surface area contributed by atoms with Gasteiger partial charge in [-0.2, -0.15) is 0 Å². The Labute approximate surface area is 70.4 Å². The molecule has 0 aromatic heterocycles. The molecule has 0 rings (SSSR count). The van der Waals surface area contributed by atoms with E-state index in [1.807, 2.05) is 0 Å². The molecule has 0 aliphatic rings. The molecule has 0 bridgehead atoms. The van der Waals surface area contributed by atoms with Gasteiger partial charge in [-0.15, -0.1) is 0 Å². The molecule has 1 N–H and O–H groups in total. The topological polar surface area (TPSA) is 20.2 Å². The molecule has 0 aromatic carbocycles. The Hall–Kier alpha value is -0.0800. The zero-order valence-corrected chi connectivity index (χ0v) is 8.30. The summed E-state index contributed by atoms with van der Waals surface area (Å²) in [4.78, 5) is 0. The number of quaternary nitrogens is 1. The van der Waals surface area contributed by atoms with Gasteiger partial charge in [-0.05, 0) is 6.42 Å². The van der Waals surface area contributed by atoms with Crippen molar-refractivity contribution in [2.24, 2.45) is 5.92 Å². The lowest BCUT2D eigenvalue weighted by Gasteiger charge is -2.31. The molecule has 68 valence electrons. The van der Waals surface area contributed by atoms with Crippen LogP contribution in [0, 0.1) is 5.92 Å². The van der Waals surface area contributed by atoms with Gasteiger partial charge >= 0.3 is 0 Å². The number of rotatable bonds is 5. The van der Waals surface area contributed by atoms with Crippen molar-refractivity contribution in [1.82, 2.24) is 0 Å². The Morgan fingerprint density at radius 2 is 1.91 bits per heavy atom. The molecule has 0 radical (unpaired) electrons. The van der Waals surface area contributed by atoms with Crippen LogP contribution in [0.4, 0.5) is 0 Å². The Balaban J connectivity index is 3.70. The van der Waals surface area contributed by atoms with E-state index in [0.29, 0.717) is 6.61 Å². The van der Waals surface area contributed by atoms with Crippen LogP contribution in [0.1, 0.15) is 20.3 Å². The van der Waals surface area contributed by atoms with Crippen molar-refractivity contribution in [2.75, 3.05) is 33.8 Å². The van der Waals surface area contributed by atoms with Crippen molar-refractivity contribution in [3.63, 3.8) is 0 Å². The van der Waals surface area contributed by atoms with Crippen LogP contribution in [0.5, 0.6) is 0 Å². The summed E-state index contributed by atoms with van der Waals surface area (Å²) in [5, 5.41) is 8.77. The molecule has 0 heterocycles. The van der Waals surface area contributed by atoms with Crippen LogP contribution in [0.2, 0.25) is 0 Å². The van der Waals surface area contributed by atoms with Crippen LogP contribution < -0.4 is 0 Å². The Bertz CT molecular complexity index is 102. The first-order chi connectivity index (χ1) is 5.02. The number of hydrogen-bond donors (Lipinski definition) is 1. The number of aliphatic hydroxyl groups excluding tert-OH is 1. The van der Waals surface area contributed by atoms with Crippen LogP contribution in [0.25, 0.3) is 0 Å². The van der Waals surface area contributed by atoms with E-state index in [2.05, 4.69) is 27.9 Å². The SMILES string of the molecule is CCC(C)C[N+](C)(C)CCO. The van der Waals surface area contributed by atoms with E-state index in [1.165, 1.54) is 6.42 Å². The average Bonchev–Trinajstić information content (AvgIpc) is 1.86. The molecule has 0 spiro atoms. The maximum absolute atomic E-state index is 8.77. The lowest BCUT2D eigenvalue weighted by atomic mass is 10.1. The fourth-order valence-electron chi connectivity index (χ4n) is 1.33. The van der Waals surface area contributed by atoms with E-state index in [9.17, 15) is 0 Å². The van der Waals surface area contributed by atoms with Gasteiger partial charge in [-0.1, -0.05) is 13.8 Å². The highest BCUT2D eigenvalue weighted by atomic mass is 16.3. The minimum atomic E-state index is 0.295. The number of hydrogen-bond acceptors (Lipinski definition) is 1. The van der Waals surface area contributed by atoms with Crippen LogP contribution in [0.15, 0.2) is 0 Å². The van der Waals surface area contributed by atoms with Crippen molar-refractivity contribution < 1.29 is 9.59 Å². The minimum Gasteiger partial charge on any atom is -0.391 e. The summed E-state index contributed by atoms with van der Waals surface area (Å²) in [6.45, 7) is 6.80. The summed E-state index contributed by atoms with van der Waals surface area (Å²) >= 11 is 0. The standard InChI is InChI=1S/C9H22NO/c1-5-9(2)8-10(3,4)6-7-11/h9,11H,5-8H2,1-4H3/q+1. The van der Waals surface area contributed by atoms with Crippen molar-refractivity contribution in [2.45, 2.75) is 20.3 Å². The van der Waals surface area contributed by atoms with Crippen molar-refractivity contribution >= 4 is 0 Å². The molecular formula is C9H22NO+. The summed E-state index contributed by atoms with van der Waals surface area (Å²) in [6, 6.07) is 0. The van der Waals surface area contributed by atoms with Crippen LogP contribution in [-0.2, 0) is 0 Å². The Morgan fingerprint density at radius 1 is 1.36 bits per heavy atom. The molecule has 0 aliphatic heterocycles. The van der Waals surface area contributed by atoms with Gasteiger partial charge in [0.05, 0.1) is 27.2 Å². The molecule has 2 heteroatoms. The predicted octanol–water partition coefficient (Wildman–Crippen LogP) is 1.10. The molecule has 0 saturated heterocycles. The molecule has 2 nitrogen and oxygen atoms in total. The third-order valence-electron chi connectivity index (χ3n) is 2.21. The molecule has 0 aromatic rings. The molecule has 0 amide bonds. The molecule has 0 saturated carbocycles. The number of nitrogens with zero attached hydrogens (tertiary/aromatic N) is 1. The van der Waals surface area contributed by atoms with Gasteiger partial charge in [-0.3, -0.25) is 0 Å². The summed E-state index contributed by atoms with van der Waals surface area (Å²) < 4.78 is 0.936. The summed E-state index contributed by atoms with van der Waals surface area (Å²) in [5.41, 5.74) is 0. The first-order valence-electron chi connectivity index (χ1n) is 4.44. The van der Waals surface area contributed by atoms with Crippen molar-refractivity contribution in [3.8, 4) is 0 Å². The third kappa shape index (κ3) is 5.22. The maximum atomic E-state index is 8.77. The third-order valence-corrected chi connectivity index (χ3v) is 2.21. The zero-order chi connectivity index (χ0) is 8.91. The lowest BCUT2D eigenvalue weighted by Crippen LogP contribution is -2.44. The lowest BCUT2D eigenvalue weighted by molar-refractivity contribution is -0.893. The van der Waals surface area contributed by atoms with Gasteiger partial charge in [0, 0.05) is 5.92 Å². The smallest absolute Gasteiger partial charge is 0.102 e. The van der Waals surface area contributed by atoms with Crippen LogP contribution in [0.3, 0.4) is 0 Å². The van der Waals surface area contributed by atoms with Gasteiger partial charge in [0.15, 0.2) is 0 Å². The van der Waals surface area contributed by atoms with Gasteiger partial charge in [0.2, 0.25) is 0 Å². The molecule has 0 fully saturated rings.